The minimum absolute atomic E-state index is 0.268. The Balaban J connectivity index is 2.13. The van der Waals surface area contributed by atoms with E-state index in [-0.39, 0.29) is 5.91 Å². The highest BCUT2D eigenvalue weighted by atomic mass is 16.2. The average molecular weight is 167 g/mol. The van der Waals surface area contributed by atoms with Gasteiger partial charge in [-0.25, -0.2) is 0 Å². The molecule has 1 atom stereocenters. The van der Waals surface area contributed by atoms with E-state index in [1.165, 1.54) is 32.1 Å². The molecule has 2 fully saturated rings. The molecule has 1 aliphatic heterocycles. The van der Waals surface area contributed by atoms with Gasteiger partial charge >= 0.3 is 0 Å². The molecule has 0 radical (unpaired) electrons. The van der Waals surface area contributed by atoms with E-state index in [1.807, 2.05) is 0 Å². The van der Waals surface area contributed by atoms with Crippen LogP contribution in [0.2, 0.25) is 0 Å². The fourth-order valence-electron chi connectivity index (χ4n) is 2.78. The van der Waals surface area contributed by atoms with Crippen molar-refractivity contribution in [1.82, 2.24) is 5.32 Å². The second-order valence-corrected chi connectivity index (χ2v) is 4.39. The summed E-state index contributed by atoms with van der Waals surface area (Å²) in [6, 6.07) is 0.422. The van der Waals surface area contributed by atoms with E-state index in [1.54, 1.807) is 0 Å². The first-order valence-electron chi connectivity index (χ1n) is 5.02. The number of carbonyl (C=O) groups excluding carboxylic acids is 1. The fourth-order valence-corrected chi connectivity index (χ4v) is 2.78. The maximum Gasteiger partial charge on any atom is 0.220 e. The number of amides is 1. The molecule has 0 aromatic rings. The van der Waals surface area contributed by atoms with E-state index in [0.717, 1.165) is 6.42 Å². The van der Waals surface area contributed by atoms with Gasteiger partial charge in [0.2, 0.25) is 5.91 Å². The van der Waals surface area contributed by atoms with E-state index in [2.05, 4.69) is 12.2 Å². The van der Waals surface area contributed by atoms with Gasteiger partial charge in [0, 0.05) is 12.5 Å². The molecule has 2 nitrogen and oxygen atoms in total. The Morgan fingerprint density at radius 2 is 2.00 bits per heavy atom. The smallest absolute Gasteiger partial charge is 0.220 e. The van der Waals surface area contributed by atoms with Gasteiger partial charge in [0.05, 0.1) is 0 Å². The summed E-state index contributed by atoms with van der Waals surface area (Å²) in [6.07, 6.45) is 7.30. The van der Waals surface area contributed by atoms with Gasteiger partial charge < -0.3 is 5.32 Å². The lowest BCUT2D eigenvalue weighted by Gasteiger charge is -2.35. The largest absolute Gasteiger partial charge is 0.353 e. The van der Waals surface area contributed by atoms with Crippen LogP contribution >= 0.6 is 0 Å². The van der Waals surface area contributed by atoms with Crippen molar-refractivity contribution in [2.45, 2.75) is 51.5 Å². The molecule has 1 heterocycles. The van der Waals surface area contributed by atoms with E-state index in [0.29, 0.717) is 11.5 Å². The Kier molecular flexibility index (Phi) is 1.85. The summed E-state index contributed by atoms with van der Waals surface area (Å²) in [4.78, 5) is 11.2. The van der Waals surface area contributed by atoms with Crippen LogP contribution in [0.15, 0.2) is 0 Å². The van der Waals surface area contributed by atoms with Gasteiger partial charge in [0.1, 0.15) is 0 Å². The predicted octanol–water partition coefficient (Wildman–Crippen LogP) is 1.85. The van der Waals surface area contributed by atoms with E-state index in [4.69, 9.17) is 0 Å². The summed E-state index contributed by atoms with van der Waals surface area (Å²) in [6.45, 7) is 2.16. The molecule has 0 aromatic carbocycles. The van der Waals surface area contributed by atoms with E-state index >= 15 is 0 Å². The summed E-state index contributed by atoms with van der Waals surface area (Å²) in [5, 5.41) is 3.04. The SMILES string of the molecule is CC1NC(=O)CC12CCCCC2. The topological polar surface area (TPSA) is 29.1 Å². The highest BCUT2D eigenvalue weighted by Gasteiger charge is 2.44. The molecule has 2 rings (SSSR count). The normalized spacial score (nSPS) is 33.8. The van der Waals surface area contributed by atoms with Crippen molar-refractivity contribution in [3.8, 4) is 0 Å². The molecule has 1 saturated heterocycles. The first-order chi connectivity index (χ1) is 5.73. The molecule has 1 saturated carbocycles. The molecule has 1 N–H and O–H groups in total. The lowest BCUT2D eigenvalue weighted by atomic mass is 9.69. The van der Waals surface area contributed by atoms with E-state index < -0.39 is 0 Å². The Bertz CT molecular complexity index is 194. The van der Waals surface area contributed by atoms with Crippen molar-refractivity contribution in [3.05, 3.63) is 0 Å². The van der Waals surface area contributed by atoms with Crippen LogP contribution in [0.1, 0.15) is 45.4 Å². The third kappa shape index (κ3) is 1.13. The molecule has 1 amide bonds. The standard InChI is InChI=1S/C10H17NO/c1-8-10(7-9(12)11-8)5-3-2-4-6-10/h8H,2-7H2,1H3,(H,11,12). The van der Waals surface area contributed by atoms with Gasteiger partial charge in [-0.15, -0.1) is 0 Å². The molecule has 1 aliphatic carbocycles. The molecule has 2 aliphatic rings. The molecule has 2 heteroatoms. The average Bonchev–Trinajstić information content (AvgIpc) is 2.29. The van der Waals surface area contributed by atoms with Crippen molar-refractivity contribution in [2.24, 2.45) is 5.41 Å². The Morgan fingerprint density at radius 3 is 2.50 bits per heavy atom. The van der Waals surface area contributed by atoms with Crippen molar-refractivity contribution in [2.75, 3.05) is 0 Å². The molecular weight excluding hydrogens is 150 g/mol. The number of carbonyl (C=O) groups is 1. The number of nitrogens with one attached hydrogen (secondary N) is 1. The summed E-state index contributed by atoms with van der Waals surface area (Å²) in [5.41, 5.74) is 0.343. The Labute approximate surface area is 73.7 Å². The van der Waals surface area contributed by atoms with Crippen LogP contribution in [0, 0.1) is 5.41 Å². The van der Waals surface area contributed by atoms with Crippen molar-refractivity contribution in [3.63, 3.8) is 0 Å². The zero-order chi connectivity index (χ0) is 8.60. The van der Waals surface area contributed by atoms with Gasteiger partial charge in [0.25, 0.3) is 0 Å². The van der Waals surface area contributed by atoms with Crippen LogP contribution in [0.25, 0.3) is 0 Å². The molecule has 1 unspecified atom stereocenters. The van der Waals surface area contributed by atoms with Crippen molar-refractivity contribution >= 4 is 5.91 Å². The Hall–Kier alpha value is -0.530. The third-order valence-corrected chi connectivity index (χ3v) is 3.66. The predicted molar refractivity (Wildman–Crippen MR) is 47.7 cm³/mol. The monoisotopic (exact) mass is 167 g/mol. The highest BCUT2D eigenvalue weighted by molar-refractivity contribution is 5.79. The van der Waals surface area contributed by atoms with Crippen LogP contribution in [0.4, 0.5) is 0 Å². The molecule has 0 aromatic heterocycles. The second-order valence-electron chi connectivity index (χ2n) is 4.39. The van der Waals surface area contributed by atoms with Gasteiger partial charge in [-0.3, -0.25) is 4.79 Å². The lowest BCUT2D eigenvalue weighted by molar-refractivity contribution is -0.119. The second kappa shape index (κ2) is 2.75. The van der Waals surface area contributed by atoms with Crippen molar-refractivity contribution < 1.29 is 4.79 Å². The maximum atomic E-state index is 11.2. The number of hydrogen-bond acceptors (Lipinski definition) is 1. The van der Waals surface area contributed by atoms with Crippen LogP contribution < -0.4 is 5.32 Å². The summed E-state index contributed by atoms with van der Waals surface area (Å²) in [5.74, 6) is 0.268. The fraction of sp³-hybridized carbons (Fsp3) is 0.900. The van der Waals surface area contributed by atoms with E-state index in [9.17, 15) is 4.79 Å². The van der Waals surface area contributed by atoms with Crippen LogP contribution in [0.5, 0.6) is 0 Å². The molecular formula is C10H17NO. The van der Waals surface area contributed by atoms with Crippen molar-refractivity contribution in [1.29, 1.82) is 0 Å². The first-order valence-corrected chi connectivity index (χ1v) is 5.02. The summed E-state index contributed by atoms with van der Waals surface area (Å²) >= 11 is 0. The first kappa shape index (κ1) is 8.09. The van der Waals surface area contributed by atoms with Gasteiger partial charge in [0.15, 0.2) is 0 Å². The minimum atomic E-state index is 0.268. The molecule has 12 heavy (non-hydrogen) atoms. The highest BCUT2D eigenvalue weighted by Crippen LogP contribution is 2.44. The van der Waals surface area contributed by atoms with Gasteiger partial charge in [-0.1, -0.05) is 19.3 Å². The van der Waals surface area contributed by atoms with Crippen LogP contribution in [-0.4, -0.2) is 11.9 Å². The quantitative estimate of drug-likeness (QED) is 0.586. The number of hydrogen-bond donors (Lipinski definition) is 1. The van der Waals surface area contributed by atoms with Crippen LogP contribution in [0.3, 0.4) is 0 Å². The zero-order valence-corrected chi connectivity index (χ0v) is 7.73. The summed E-state index contributed by atoms with van der Waals surface area (Å²) in [7, 11) is 0. The third-order valence-electron chi connectivity index (χ3n) is 3.66. The molecule has 0 bridgehead atoms. The minimum Gasteiger partial charge on any atom is -0.353 e. The van der Waals surface area contributed by atoms with Crippen LogP contribution in [-0.2, 0) is 4.79 Å². The van der Waals surface area contributed by atoms with Gasteiger partial charge in [-0.2, -0.15) is 0 Å². The molecule has 1 spiro atoms. The Morgan fingerprint density at radius 1 is 1.33 bits per heavy atom. The van der Waals surface area contributed by atoms with Gasteiger partial charge in [-0.05, 0) is 25.2 Å². The molecule has 68 valence electrons. The zero-order valence-electron chi connectivity index (χ0n) is 7.73. The summed E-state index contributed by atoms with van der Waals surface area (Å²) < 4.78 is 0. The maximum absolute atomic E-state index is 11.2. The lowest BCUT2D eigenvalue weighted by Crippen LogP contribution is -2.35. The number of rotatable bonds is 0.